The molecular weight excluding hydrogens is 396 g/mol. The molecule has 1 fully saturated rings. The first-order valence-electron chi connectivity index (χ1n) is 14.0. The van der Waals surface area contributed by atoms with Gasteiger partial charge in [0.15, 0.2) is 0 Å². The van der Waals surface area contributed by atoms with Gasteiger partial charge in [-0.15, -0.1) is 0 Å². The van der Waals surface area contributed by atoms with Crippen molar-refractivity contribution >= 4 is 5.57 Å². The van der Waals surface area contributed by atoms with Crippen molar-refractivity contribution in [1.82, 2.24) is 0 Å². The molecule has 1 aromatic carbocycles. The van der Waals surface area contributed by atoms with Gasteiger partial charge < -0.3 is 0 Å². The summed E-state index contributed by atoms with van der Waals surface area (Å²) in [4.78, 5) is 0. The van der Waals surface area contributed by atoms with Gasteiger partial charge in [-0.3, -0.25) is 0 Å². The van der Waals surface area contributed by atoms with E-state index in [1.165, 1.54) is 71.9 Å². The highest BCUT2D eigenvalue weighted by Crippen LogP contribution is 2.30. The van der Waals surface area contributed by atoms with Crippen LogP contribution in [0.3, 0.4) is 0 Å². The van der Waals surface area contributed by atoms with Crippen LogP contribution < -0.4 is 0 Å². The van der Waals surface area contributed by atoms with Gasteiger partial charge in [-0.1, -0.05) is 137 Å². The second kappa shape index (κ2) is 23.6. The van der Waals surface area contributed by atoms with Crippen LogP contribution in [0.2, 0.25) is 0 Å². The molecule has 0 unspecified atom stereocenters. The van der Waals surface area contributed by atoms with Crippen LogP contribution in [-0.2, 0) is 6.42 Å². The van der Waals surface area contributed by atoms with E-state index in [2.05, 4.69) is 79.3 Å². The second-order valence-electron chi connectivity index (χ2n) is 8.28. The molecule has 0 nitrogen and oxygen atoms in total. The van der Waals surface area contributed by atoms with Gasteiger partial charge in [0.05, 0.1) is 0 Å². The lowest BCUT2D eigenvalue weighted by Gasteiger charge is -2.17. The number of aryl methyl sites for hydroxylation is 1. The Morgan fingerprint density at radius 2 is 1.24 bits per heavy atom. The molecule has 0 heterocycles. The Bertz CT molecular complexity index is 652. The fourth-order valence-electron chi connectivity index (χ4n) is 3.83. The molecule has 0 atom stereocenters. The van der Waals surface area contributed by atoms with E-state index in [4.69, 9.17) is 0 Å². The van der Waals surface area contributed by atoms with Crippen LogP contribution in [0, 0.1) is 0 Å². The van der Waals surface area contributed by atoms with E-state index in [0.717, 1.165) is 12.0 Å². The lowest BCUT2D eigenvalue weighted by molar-refractivity contribution is 0.504. The van der Waals surface area contributed by atoms with Crippen molar-refractivity contribution in [3.63, 3.8) is 0 Å². The number of benzene rings is 1. The van der Waals surface area contributed by atoms with Crippen molar-refractivity contribution in [2.75, 3.05) is 0 Å². The molecule has 0 radical (unpaired) electrons. The van der Waals surface area contributed by atoms with E-state index in [-0.39, 0.29) is 0 Å². The van der Waals surface area contributed by atoms with Crippen LogP contribution in [0.5, 0.6) is 0 Å². The Labute approximate surface area is 210 Å². The predicted molar refractivity (Wildman–Crippen MR) is 158 cm³/mol. The summed E-state index contributed by atoms with van der Waals surface area (Å²) in [6.07, 6.45) is 12.3. The summed E-state index contributed by atoms with van der Waals surface area (Å²) in [5.74, 6) is 0.580. The Hall–Kier alpha value is -1.56. The molecule has 1 aliphatic rings. The van der Waals surface area contributed by atoms with E-state index in [1.54, 1.807) is 0 Å². The molecule has 1 aromatic rings. The maximum atomic E-state index is 4.07. The second-order valence-corrected chi connectivity index (χ2v) is 8.28. The first-order chi connectivity index (χ1) is 15.8. The summed E-state index contributed by atoms with van der Waals surface area (Å²) in [6, 6.07) is 6.92. The summed E-state index contributed by atoms with van der Waals surface area (Å²) in [7, 11) is 0. The number of allylic oxidation sites excluding steroid dienone is 5. The van der Waals surface area contributed by atoms with E-state index in [1.807, 2.05) is 41.5 Å². The van der Waals surface area contributed by atoms with Crippen molar-refractivity contribution in [1.29, 1.82) is 0 Å². The van der Waals surface area contributed by atoms with Crippen molar-refractivity contribution in [2.45, 2.75) is 141 Å². The average molecular weight is 457 g/mol. The summed E-state index contributed by atoms with van der Waals surface area (Å²) in [6.45, 7) is 31.4. The Kier molecular flexibility index (Phi) is 25.8. The summed E-state index contributed by atoms with van der Waals surface area (Å²) >= 11 is 0. The molecule has 1 aliphatic carbocycles. The smallest absolute Gasteiger partial charge is 0.0182 e. The molecule has 0 N–H and O–H groups in total. The average Bonchev–Trinajstić information content (AvgIpc) is 2.88. The summed E-state index contributed by atoms with van der Waals surface area (Å²) in [5, 5.41) is 0. The quantitative estimate of drug-likeness (QED) is 0.386. The van der Waals surface area contributed by atoms with Crippen molar-refractivity contribution in [2.24, 2.45) is 0 Å². The van der Waals surface area contributed by atoms with Crippen LogP contribution in [0.15, 0.2) is 47.6 Å². The molecule has 192 valence electrons. The van der Waals surface area contributed by atoms with E-state index in [9.17, 15) is 0 Å². The zero-order chi connectivity index (χ0) is 26.4. The van der Waals surface area contributed by atoms with Gasteiger partial charge in [-0.2, -0.15) is 0 Å². The number of rotatable bonds is 5. The fraction of sp³-hybridized carbons (Fsp3) is 0.636. The highest BCUT2D eigenvalue weighted by molar-refractivity contribution is 5.80. The monoisotopic (exact) mass is 456 g/mol. The Balaban J connectivity index is -0.000000621. The van der Waals surface area contributed by atoms with Crippen molar-refractivity contribution in [3.8, 4) is 0 Å². The van der Waals surface area contributed by atoms with Gasteiger partial charge in [0.1, 0.15) is 0 Å². The minimum absolute atomic E-state index is 0.580. The molecular formula is C33H60. The highest BCUT2D eigenvalue weighted by Gasteiger charge is 2.11. The first-order valence-corrected chi connectivity index (χ1v) is 14.0. The SMILES string of the molecule is C1CCCCC1.C=C(C)/C(C)=C(C)\C(=C/C)c1ccc(C(C)C)c(CC)c1.CC.CC.CC. The van der Waals surface area contributed by atoms with E-state index >= 15 is 0 Å². The van der Waals surface area contributed by atoms with Gasteiger partial charge in [-0.05, 0) is 73.4 Å². The van der Waals surface area contributed by atoms with Gasteiger partial charge in [0.2, 0.25) is 0 Å². The third-order valence-electron chi connectivity index (χ3n) is 5.85. The van der Waals surface area contributed by atoms with Crippen LogP contribution in [-0.4, -0.2) is 0 Å². The maximum absolute atomic E-state index is 4.07. The normalized spacial score (nSPS) is 13.5. The topological polar surface area (TPSA) is 0 Å². The number of hydrogen-bond acceptors (Lipinski definition) is 0. The van der Waals surface area contributed by atoms with Gasteiger partial charge in [0.25, 0.3) is 0 Å². The molecule has 0 amide bonds. The third-order valence-corrected chi connectivity index (χ3v) is 5.85. The maximum Gasteiger partial charge on any atom is -0.0182 e. The minimum atomic E-state index is 0.580. The third kappa shape index (κ3) is 14.3. The molecule has 0 spiro atoms. The van der Waals surface area contributed by atoms with Crippen LogP contribution in [0.1, 0.15) is 151 Å². The van der Waals surface area contributed by atoms with Crippen LogP contribution in [0.4, 0.5) is 0 Å². The lowest BCUT2D eigenvalue weighted by Crippen LogP contribution is -1.98. The Morgan fingerprint density at radius 1 is 0.818 bits per heavy atom. The standard InChI is InChI=1S/C21H30.C6H12.3C2H6/c1-9-18-13-19(11-12-21(18)15(5)6)20(10-2)17(8)16(7)14(3)4;1-2-4-6-5-3-1;3*1-2/h10-13,15H,3,9H2,1-2,4-8H3;1-6H2;3*1-2H3/b17-16-,20-10+;;;;. The zero-order valence-corrected chi connectivity index (χ0v) is 25.0. The van der Waals surface area contributed by atoms with Crippen molar-refractivity contribution < 1.29 is 0 Å². The molecule has 0 saturated heterocycles. The first kappa shape index (κ1) is 36.0. The summed E-state index contributed by atoms with van der Waals surface area (Å²) < 4.78 is 0. The van der Waals surface area contributed by atoms with Crippen LogP contribution >= 0.6 is 0 Å². The number of hydrogen-bond donors (Lipinski definition) is 0. The molecule has 0 aromatic heterocycles. The van der Waals surface area contributed by atoms with Gasteiger partial charge in [0, 0.05) is 0 Å². The highest BCUT2D eigenvalue weighted by atomic mass is 14.2. The largest absolute Gasteiger partial charge is 0.0958 e. The van der Waals surface area contributed by atoms with Crippen LogP contribution in [0.25, 0.3) is 5.57 Å². The Morgan fingerprint density at radius 3 is 1.55 bits per heavy atom. The van der Waals surface area contributed by atoms with E-state index in [0.29, 0.717) is 5.92 Å². The summed E-state index contributed by atoms with van der Waals surface area (Å²) in [5.41, 5.74) is 9.31. The van der Waals surface area contributed by atoms with E-state index < -0.39 is 0 Å². The lowest BCUT2D eigenvalue weighted by atomic mass is 9.88. The molecule has 33 heavy (non-hydrogen) atoms. The van der Waals surface area contributed by atoms with Crippen molar-refractivity contribution in [3.05, 3.63) is 64.3 Å². The van der Waals surface area contributed by atoms with Gasteiger partial charge in [-0.25, -0.2) is 0 Å². The zero-order valence-electron chi connectivity index (χ0n) is 25.0. The fourth-order valence-corrected chi connectivity index (χ4v) is 3.83. The predicted octanol–water partition coefficient (Wildman–Crippen LogP) is 12.1. The molecule has 2 rings (SSSR count). The molecule has 1 saturated carbocycles. The minimum Gasteiger partial charge on any atom is -0.0958 e. The molecule has 0 aliphatic heterocycles. The van der Waals surface area contributed by atoms with Gasteiger partial charge >= 0.3 is 0 Å². The molecule has 0 bridgehead atoms. The molecule has 0 heteroatoms.